The summed E-state index contributed by atoms with van der Waals surface area (Å²) in [6.07, 6.45) is 2.83. The van der Waals surface area contributed by atoms with Gasteiger partial charge in [-0.1, -0.05) is 20.8 Å². The Labute approximate surface area is 74.0 Å². The van der Waals surface area contributed by atoms with E-state index in [1.807, 2.05) is 0 Å². The number of carboxylic acid groups (broad SMARTS) is 1. The van der Waals surface area contributed by atoms with E-state index in [0.717, 1.165) is 19.3 Å². The molecule has 2 nitrogen and oxygen atoms in total. The highest BCUT2D eigenvalue weighted by Gasteiger charge is 2.35. The van der Waals surface area contributed by atoms with Gasteiger partial charge in [-0.25, -0.2) is 0 Å². The summed E-state index contributed by atoms with van der Waals surface area (Å²) >= 11 is 0. The molecule has 0 amide bonds. The van der Waals surface area contributed by atoms with Crippen LogP contribution in [0.15, 0.2) is 0 Å². The summed E-state index contributed by atoms with van der Waals surface area (Å²) in [5.74, 6) is -0.0884. The van der Waals surface area contributed by atoms with Crippen LogP contribution >= 0.6 is 0 Å². The lowest BCUT2D eigenvalue weighted by atomic mass is 9.79. The van der Waals surface area contributed by atoms with Crippen molar-refractivity contribution >= 4 is 5.97 Å². The maximum absolute atomic E-state index is 10.7. The van der Waals surface area contributed by atoms with E-state index in [4.69, 9.17) is 5.11 Å². The first-order valence-corrected chi connectivity index (χ1v) is 4.64. The molecular weight excluding hydrogens is 152 g/mol. The Kier molecular flexibility index (Phi) is 2.45. The van der Waals surface area contributed by atoms with Crippen LogP contribution < -0.4 is 0 Å². The van der Waals surface area contributed by atoms with Gasteiger partial charge in [-0.2, -0.15) is 0 Å². The lowest BCUT2D eigenvalue weighted by Gasteiger charge is -2.26. The van der Waals surface area contributed by atoms with Crippen LogP contribution in [0.4, 0.5) is 0 Å². The van der Waals surface area contributed by atoms with Gasteiger partial charge in [-0.3, -0.25) is 4.79 Å². The summed E-state index contributed by atoms with van der Waals surface area (Å²) in [6, 6.07) is 0. The highest BCUT2D eigenvalue weighted by Crippen LogP contribution is 2.41. The molecule has 12 heavy (non-hydrogen) atoms. The van der Waals surface area contributed by atoms with Gasteiger partial charge in [-0.15, -0.1) is 0 Å². The second-order valence-corrected chi connectivity index (χ2v) is 4.91. The van der Waals surface area contributed by atoms with E-state index >= 15 is 0 Å². The van der Waals surface area contributed by atoms with Crippen molar-refractivity contribution in [3.05, 3.63) is 0 Å². The first kappa shape index (κ1) is 9.56. The van der Waals surface area contributed by atoms with Crippen LogP contribution in [0, 0.1) is 17.3 Å². The van der Waals surface area contributed by atoms with Crippen molar-refractivity contribution in [3.8, 4) is 0 Å². The summed E-state index contributed by atoms with van der Waals surface area (Å²) in [6.45, 7) is 6.59. The third-order valence-corrected chi connectivity index (χ3v) is 3.01. The molecule has 1 aliphatic carbocycles. The fourth-order valence-corrected chi connectivity index (χ4v) is 1.99. The van der Waals surface area contributed by atoms with Crippen molar-refractivity contribution in [3.63, 3.8) is 0 Å². The number of aliphatic carboxylic acids is 1. The van der Waals surface area contributed by atoms with Gasteiger partial charge < -0.3 is 5.11 Å². The molecule has 0 aromatic carbocycles. The quantitative estimate of drug-likeness (QED) is 0.656. The van der Waals surface area contributed by atoms with Gasteiger partial charge in [0, 0.05) is 0 Å². The van der Waals surface area contributed by atoms with Crippen LogP contribution in [-0.2, 0) is 4.79 Å². The average molecular weight is 170 g/mol. The zero-order valence-corrected chi connectivity index (χ0v) is 8.13. The summed E-state index contributed by atoms with van der Waals surface area (Å²) in [7, 11) is 0. The van der Waals surface area contributed by atoms with Crippen molar-refractivity contribution in [2.45, 2.75) is 40.0 Å². The highest BCUT2D eigenvalue weighted by molar-refractivity contribution is 5.70. The Morgan fingerprint density at radius 2 is 1.92 bits per heavy atom. The van der Waals surface area contributed by atoms with Gasteiger partial charge in [0.2, 0.25) is 0 Å². The molecule has 0 bridgehead atoms. The minimum Gasteiger partial charge on any atom is -0.481 e. The predicted molar refractivity (Wildman–Crippen MR) is 47.9 cm³/mol. The molecule has 70 valence electrons. The summed E-state index contributed by atoms with van der Waals surface area (Å²) in [5, 5.41) is 8.80. The van der Waals surface area contributed by atoms with Crippen LogP contribution in [0.5, 0.6) is 0 Å². The first-order chi connectivity index (χ1) is 5.41. The van der Waals surface area contributed by atoms with Gasteiger partial charge in [-0.05, 0) is 30.6 Å². The monoisotopic (exact) mass is 170 g/mol. The van der Waals surface area contributed by atoms with Crippen LogP contribution in [0.3, 0.4) is 0 Å². The molecule has 1 N–H and O–H groups in total. The Morgan fingerprint density at radius 3 is 2.17 bits per heavy atom. The maximum atomic E-state index is 10.7. The van der Waals surface area contributed by atoms with E-state index in [0.29, 0.717) is 5.92 Å². The van der Waals surface area contributed by atoms with Crippen LogP contribution in [0.2, 0.25) is 0 Å². The number of carbonyl (C=O) groups is 1. The number of carboxylic acids is 1. The van der Waals surface area contributed by atoms with E-state index < -0.39 is 5.97 Å². The Balaban J connectivity index is 2.51. The number of rotatable bonds is 1. The lowest BCUT2D eigenvalue weighted by molar-refractivity contribution is -0.141. The Bertz CT molecular complexity index is 179. The fraction of sp³-hybridized carbons (Fsp3) is 0.900. The van der Waals surface area contributed by atoms with Gasteiger partial charge >= 0.3 is 5.97 Å². The maximum Gasteiger partial charge on any atom is 0.306 e. The molecule has 0 aliphatic heterocycles. The lowest BCUT2D eigenvalue weighted by Crippen LogP contribution is -2.18. The molecular formula is C10H18O2. The molecule has 0 saturated heterocycles. The normalized spacial score (nSPS) is 30.6. The molecule has 2 heteroatoms. The standard InChI is InChI=1S/C10H18O2/c1-10(2,3)8-5-4-7(6-8)9(11)12/h7-8H,4-6H2,1-3H3,(H,11,12)/t7-,8+/m0/s1. The molecule has 0 aromatic rings. The first-order valence-electron chi connectivity index (χ1n) is 4.64. The smallest absolute Gasteiger partial charge is 0.306 e. The molecule has 0 aromatic heterocycles. The molecule has 0 heterocycles. The van der Waals surface area contributed by atoms with Crippen molar-refractivity contribution in [2.24, 2.45) is 17.3 Å². The van der Waals surface area contributed by atoms with Gasteiger partial charge in [0.1, 0.15) is 0 Å². The van der Waals surface area contributed by atoms with Crippen LogP contribution in [-0.4, -0.2) is 11.1 Å². The van der Waals surface area contributed by atoms with E-state index in [1.54, 1.807) is 0 Å². The van der Waals surface area contributed by atoms with Gasteiger partial charge in [0.05, 0.1) is 5.92 Å². The molecule has 0 spiro atoms. The summed E-state index contributed by atoms with van der Waals surface area (Å²) in [4.78, 5) is 10.7. The van der Waals surface area contributed by atoms with E-state index in [2.05, 4.69) is 20.8 Å². The Morgan fingerprint density at radius 1 is 1.33 bits per heavy atom. The fourth-order valence-electron chi connectivity index (χ4n) is 1.99. The topological polar surface area (TPSA) is 37.3 Å². The van der Waals surface area contributed by atoms with Gasteiger partial charge in [0.25, 0.3) is 0 Å². The molecule has 1 fully saturated rings. The van der Waals surface area contributed by atoms with Crippen LogP contribution in [0.1, 0.15) is 40.0 Å². The molecule has 1 rings (SSSR count). The summed E-state index contributed by atoms with van der Waals surface area (Å²) in [5.41, 5.74) is 0.282. The number of hydrogen-bond donors (Lipinski definition) is 1. The van der Waals surface area contributed by atoms with Crippen molar-refractivity contribution < 1.29 is 9.90 Å². The zero-order valence-electron chi connectivity index (χ0n) is 8.13. The van der Waals surface area contributed by atoms with Crippen molar-refractivity contribution in [1.29, 1.82) is 0 Å². The van der Waals surface area contributed by atoms with E-state index in [-0.39, 0.29) is 11.3 Å². The third-order valence-electron chi connectivity index (χ3n) is 3.01. The minimum absolute atomic E-state index is 0.0748. The van der Waals surface area contributed by atoms with Crippen LogP contribution in [0.25, 0.3) is 0 Å². The second-order valence-electron chi connectivity index (χ2n) is 4.91. The Hall–Kier alpha value is -0.530. The third kappa shape index (κ3) is 1.99. The van der Waals surface area contributed by atoms with E-state index in [1.165, 1.54) is 0 Å². The van der Waals surface area contributed by atoms with Crippen molar-refractivity contribution in [2.75, 3.05) is 0 Å². The summed E-state index contributed by atoms with van der Waals surface area (Å²) < 4.78 is 0. The molecule has 0 unspecified atom stereocenters. The molecule has 1 aliphatic rings. The molecule has 1 saturated carbocycles. The molecule has 0 radical (unpaired) electrons. The second kappa shape index (κ2) is 3.08. The van der Waals surface area contributed by atoms with Gasteiger partial charge in [0.15, 0.2) is 0 Å². The van der Waals surface area contributed by atoms with Crippen molar-refractivity contribution in [1.82, 2.24) is 0 Å². The predicted octanol–water partition coefficient (Wildman–Crippen LogP) is 2.53. The highest BCUT2D eigenvalue weighted by atomic mass is 16.4. The minimum atomic E-state index is -0.609. The van der Waals surface area contributed by atoms with E-state index in [9.17, 15) is 4.79 Å². The number of hydrogen-bond acceptors (Lipinski definition) is 1. The largest absolute Gasteiger partial charge is 0.481 e. The SMILES string of the molecule is CC(C)(C)[C@@H]1CC[C@H](C(=O)O)C1. The zero-order chi connectivity index (χ0) is 9.35. The molecule has 2 atom stereocenters. The average Bonchev–Trinajstić information content (AvgIpc) is 2.30.